The molecule has 2 fully saturated rings. The number of hydrogen-bond donors (Lipinski definition) is 2. The summed E-state index contributed by atoms with van der Waals surface area (Å²) in [6.07, 6.45) is 8.02. The summed E-state index contributed by atoms with van der Waals surface area (Å²) >= 11 is 0. The Labute approximate surface area is 120 Å². The van der Waals surface area contributed by atoms with Crippen molar-refractivity contribution in [3.05, 3.63) is 24.2 Å². The molecule has 3 rings (SSSR count). The van der Waals surface area contributed by atoms with Crippen LogP contribution in [0.5, 0.6) is 0 Å². The Hall–Kier alpha value is -1.29. The maximum Gasteiger partial charge on any atom is 0.220 e. The summed E-state index contributed by atoms with van der Waals surface area (Å²) in [4.78, 5) is 12.1. The van der Waals surface area contributed by atoms with E-state index in [0.29, 0.717) is 24.4 Å². The van der Waals surface area contributed by atoms with E-state index in [4.69, 9.17) is 4.42 Å². The van der Waals surface area contributed by atoms with Gasteiger partial charge in [0.05, 0.1) is 6.26 Å². The first-order valence-electron chi connectivity index (χ1n) is 7.77. The third kappa shape index (κ3) is 3.42. The normalized spacial score (nSPS) is 30.1. The molecule has 2 N–H and O–H groups in total. The molecule has 0 aliphatic carbocycles. The Morgan fingerprint density at radius 2 is 2.20 bits per heavy atom. The van der Waals surface area contributed by atoms with Gasteiger partial charge in [0.1, 0.15) is 5.76 Å². The summed E-state index contributed by atoms with van der Waals surface area (Å²) in [5.41, 5.74) is 0. The van der Waals surface area contributed by atoms with Crippen molar-refractivity contribution in [3.8, 4) is 0 Å². The molecule has 1 aromatic rings. The van der Waals surface area contributed by atoms with Crippen LogP contribution in [0, 0.1) is 5.92 Å². The maximum absolute atomic E-state index is 12.1. The van der Waals surface area contributed by atoms with E-state index < -0.39 is 0 Å². The molecular weight excluding hydrogens is 252 g/mol. The zero-order valence-corrected chi connectivity index (χ0v) is 12.1. The van der Waals surface area contributed by atoms with Gasteiger partial charge >= 0.3 is 0 Å². The number of furan rings is 1. The van der Waals surface area contributed by atoms with Gasteiger partial charge in [-0.2, -0.15) is 0 Å². The molecule has 1 amide bonds. The van der Waals surface area contributed by atoms with E-state index in [0.717, 1.165) is 25.0 Å². The van der Waals surface area contributed by atoms with E-state index in [-0.39, 0.29) is 11.9 Å². The molecule has 0 aromatic carbocycles. The molecule has 3 atom stereocenters. The van der Waals surface area contributed by atoms with Crippen LogP contribution in [0.25, 0.3) is 0 Å². The Kier molecular flexibility index (Phi) is 4.10. The molecule has 20 heavy (non-hydrogen) atoms. The lowest BCUT2D eigenvalue weighted by molar-refractivity contribution is -0.122. The van der Waals surface area contributed by atoms with Crippen molar-refractivity contribution in [1.82, 2.24) is 10.6 Å². The molecule has 3 unspecified atom stereocenters. The molecule has 1 aromatic heterocycles. The largest absolute Gasteiger partial charge is 0.469 e. The summed E-state index contributed by atoms with van der Waals surface area (Å²) in [7, 11) is 0. The van der Waals surface area contributed by atoms with Crippen LogP contribution in [0.1, 0.15) is 44.8 Å². The SMILES string of the molecule is CC(Cc1ccco1)NC(=O)CC1CC2CCC(C1)N2. The van der Waals surface area contributed by atoms with Crippen LogP contribution >= 0.6 is 0 Å². The number of rotatable bonds is 5. The third-order valence-corrected chi connectivity index (χ3v) is 4.54. The Bertz CT molecular complexity index is 431. The number of fused-ring (bicyclic) bond motifs is 2. The first-order chi connectivity index (χ1) is 9.69. The van der Waals surface area contributed by atoms with Gasteiger partial charge < -0.3 is 15.1 Å². The molecule has 2 saturated heterocycles. The predicted molar refractivity (Wildman–Crippen MR) is 77.3 cm³/mol. The summed E-state index contributed by atoms with van der Waals surface area (Å²) in [5.74, 6) is 1.68. The third-order valence-electron chi connectivity index (χ3n) is 4.54. The van der Waals surface area contributed by atoms with Crippen molar-refractivity contribution >= 4 is 5.91 Å². The van der Waals surface area contributed by atoms with Crippen LogP contribution < -0.4 is 10.6 Å². The van der Waals surface area contributed by atoms with Gasteiger partial charge in [-0.15, -0.1) is 0 Å². The Morgan fingerprint density at radius 3 is 2.85 bits per heavy atom. The first kappa shape index (κ1) is 13.7. The lowest BCUT2D eigenvalue weighted by atomic mass is 9.89. The maximum atomic E-state index is 12.1. The van der Waals surface area contributed by atoms with Gasteiger partial charge in [-0.25, -0.2) is 0 Å². The minimum absolute atomic E-state index is 0.132. The quantitative estimate of drug-likeness (QED) is 0.867. The summed E-state index contributed by atoms with van der Waals surface area (Å²) in [6.45, 7) is 2.03. The number of carbonyl (C=O) groups excluding carboxylic acids is 1. The molecule has 2 aliphatic heterocycles. The second-order valence-corrected chi connectivity index (χ2v) is 6.43. The molecular formula is C16H24N2O2. The van der Waals surface area contributed by atoms with Crippen LogP contribution in [0.3, 0.4) is 0 Å². The molecule has 2 aliphatic rings. The first-order valence-corrected chi connectivity index (χ1v) is 7.77. The van der Waals surface area contributed by atoms with Crippen LogP contribution in [-0.4, -0.2) is 24.0 Å². The lowest BCUT2D eigenvalue weighted by Crippen LogP contribution is -2.41. The van der Waals surface area contributed by atoms with Gasteiger partial charge in [-0.05, 0) is 50.7 Å². The number of hydrogen-bond acceptors (Lipinski definition) is 3. The summed E-state index contributed by atoms with van der Waals surface area (Å²) in [5, 5.41) is 6.72. The van der Waals surface area contributed by atoms with Gasteiger partial charge in [0.15, 0.2) is 0 Å². The molecule has 0 radical (unpaired) electrons. The van der Waals surface area contributed by atoms with Crippen LogP contribution in [0.15, 0.2) is 22.8 Å². The predicted octanol–water partition coefficient (Wildman–Crippen LogP) is 2.25. The van der Waals surface area contributed by atoms with E-state index >= 15 is 0 Å². The number of nitrogens with one attached hydrogen (secondary N) is 2. The Balaban J connectivity index is 1.42. The zero-order valence-electron chi connectivity index (χ0n) is 12.1. The highest BCUT2D eigenvalue weighted by atomic mass is 16.3. The van der Waals surface area contributed by atoms with E-state index in [1.807, 2.05) is 19.1 Å². The standard InChI is InChI=1S/C16H24N2O2/c1-11(7-15-3-2-6-20-15)17-16(19)10-12-8-13-4-5-14(9-12)18-13/h2-3,6,11-14,18H,4-5,7-10H2,1H3,(H,17,19). The number of piperidine rings is 1. The fourth-order valence-electron chi connectivity index (χ4n) is 3.72. The van der Waals surface area contributed by atoms with Gasteiger partial charge in [-0.3, -0.25) is 4.79 Å². The van der Waals surface area contributed by atoms with Crippen molar-refractivity contribution < 1.29 is 9.21 Å². The van der Waals surface area contributed by atoms with Crippen molar-refractivity contribution in [3.63, 3.8) is 0 Å². The summed E-state index contributed by atoms with van der Waals surface area (Å²) in [6, 6.07) is 5.29. The van der Waals surface area contributed by atoms with Gasteiger partial charge in [0.2, 0.25) is 5.91 Å². The molecule has 3 heterocycles. The second kappa shape index (κ2) is 6.00. The molecule has 0 spiro atoms. The lowest BCUT2D eigenvalue weighted by Gasteiger charge is -2.29. The monoisotopic (exact) mass is 276 g/mol. The van der Waals surface area contributed by atoms with Crippen molar-refractivity contribution in [1.29, 1.82) is 0 Å². The van der Waals surface area contributed by atoms with Gasteiger partial charge in [0, 0.05) is 31.0 Å². The molecule has 4 nitrogen and oxygen atoms in total. The minimum atomic E-state index is 0.132. The molecule has 2 bridgehead atoms. The second-order valence-electron chi connectivity index (χ2n) is 6.43. The van der Waals surface area contributed by atoms with Crippen LogP contribution in [-0.2, 0) is 11.2 Å². The minimum Gasteiger partial charge on any atom is -0.469 e. The highest BCUT2D eigenvalue weighted by Crippen LogP contribution is 2.32. The van der Waals surface area contributed by atoms with E-state index in [1.54, 1.807) is 6.26 Å². The smallest absolute Gasteiger partial charge is 0.220 e. The van der Waals surface area contributed by atoms with Crippen molar-refractivity contribution in [2.75, 3.05) is 0 Å². The fourth-order valence-corrected chi connectivity index (χ4v) is 3.72. The van der Waals surface area contributed by atoms with Gasteiger partial charge in [-0.1, -0.05) is 0 Å². The summed E-state index contributed by atoms with van der Waals surface area (Å²) < 4.78 is 5.31. The van der Waals surface area contributed by atoms with Crippen molar-refractivity contribution in [2.24, 2.45) is 5.92 Å². The molecule has 110 valence electrons. The average molecular weight is 276 g/mol. The van der Waals surface area contributed by atoms with Crippen LogP contribution in [0.4, 0.5) is 0 Å². The van der Waals surface area contributed by atoms with E-state index in [9.17, 15) is 4.79 Å². The zero-order chi connectivity index (χ0) is 13.9. The Morgan fingerprint density at radius 1 is 1.45 bits per heavy atom. The topological polar surface area (TPSA) is 54.3 Å². The van der Waals surface area contributed by atoms with E-state index in [1.165, 1.54) is 12.8 Å². The average Bonchev–Trinajstić information content (AvgIpc) is 2.99. The number of amides is 1. The van der Waals surface area contributed by atoms with Gasteiger partial charge in [0.25, 0.3) is 0 Å². The number of carbonyl (C=O) groups is 1. The molecule has 0 saturated carbocycles. The highest BCUT2D eigenvalue weighted by Gasteiger charge is 2.34. The highest BCUT2D eigenvalue weighted by molar-refractivity contribution is 5.76. The molecule has 4 heteroatoms. The van der Waals surface area contributed by atoms with Crippen molar-refractivity contribution in [2.45, 2.75) is 63.6 Å². The van der Waals surface area contributed by atoms with E-state index in [2.05, 4.69) is 10.6 Å². The van der Waals surface area contributed by atoms with Crippen LogP contribution in [0.2, 0.25) is 0 Å². The fraction of sp³-hybridized carbons (Fsp3) is 0.688.